The van der Waals surface area contributed by atoms with Crippen LogP contribution < -0.4 is 5.32 Å². The maximum Gasteiger partial charge on any atom is 0.310 e. The summed E-state index contributed by atoms with van der Waals surface area (Å²) in [6.45, 7) is 9.57. The first kappa shape index (κ1) is 14.6. The molecule has 1 heterocycles. The Hall–Kier alpha value is -1.85. The molecule has 1 fully saturated rings. The molecule has 1 amide bonds. The third kappa shape index (κ3) is 2.42. The zero-order valence-electron chi connectivity index (χ0n) is 12.5. The Bertz CT molecular complexity index is 548. The number of aromatic nitrogens is 2. The minimum atomic E-state index is -0.178. The predicted octanol–water partition coefficient (Wildman–Crippen LogP) is 1.98. The number of H-pyrrole nitrogens is 1. The molecule has 0 radical (unpaired) electrons. The van der Waals surface area contributed by atoms with Crippen LogP contribution in [0.5, 0.6) is 0 Å². The molecule has 1 aromatic heterocycles. The highest BCUT2D eigenvalue weighted by atomic mass is 16.5. The summed E-state index contributed by atoms with van der Waals surface area (Å²) >= 11 is 0. The van der Waals surface area contributed by atoms with Crippen LogP contribution in [0.2, 0.25) is 0 Å². The van der Waals surface area contributed by atoms with Crippen molar-refractivity contribution in [1.29, 1.82) is 0 Å². The van der Waals surface area contributed by atoms with Crippen LogP contribution in [0, 0.1) is 18.3 Å². The topological polar surface area (TPSA) is 84.1 Å². The van der Waals surface area contributed by atoms with Gasteiger partial charge in [0, 0.05) is 18.5 Å². The van der Waals surface area contributed by atoms with Gasteiger partial charge in [0.25, 0.3) is 0 Å². The van der Waals surface area contributed by atoms with Crippen LogP contribution in [0.25, 0.3) is 0 Å². The molecule has 1 aliphatic rings. The molecule has 20 heavy (non-hydrogen) atoms. The van der Waals surface area contributed by atoms with Gasteiger partial charge in [-0.1, -0.05) is 13.8 Å². The van der Waals surface area contributed by atoms with Crippen LogP contribution >= 0.6 is 0 Å². The third-order valence-corrected chi connectivity index (χ3v) is 3.90. The lowest BCUT2D eigenvalue weighted by molar-refractivity contribution is -0.145. The predicted molar refractivity (Wildman–Crippen MR) is 74.3 cm³/mol. The van der Waals surface area contributed by atoms with Crippen LogP contribution in [0.4, 0.5) is 5.95 Å². The molecule has 0 unspecified atom stereocenters. The van der Waals surface area contributed by atoms with Gasteiger partial charge in [-0.05, 0) is 19.3 Å². The summed E-state index contributed by atoms with van der Waals surface area (Å²) in [6.07, 6.45) is 0. The third-order valence-electron chi connectivity index (χ3n) is 3.90. The van der Waals surface area contributed by atoms with E-state index in [1.807, 2.05) is 20.8 Å². The van der Waals surface area contributed by atoms with E-state index in [1.165, 1.54) is 6.92 Å². The Kier molecular flexibility index (Phi) is 3.58. The lowest BCUT2D eigenvalue weighted by Gasteiger charge is -2.01. The molecule has 2 atom stereocenters. The molecule has 0 aromatic carbocycles. The number of amides is 1. The van der Waals surface area contributed by atoms with E-state index < -0.39 is 0 Å². The van der Waals surface area contributed by atoms with Gasteiger partial charge >= 0.3 is 5.97 Å². The van der Waals surface area contributed by atoms with Crippen LogP contribution in [0.1, 0.15) is 45.0 Å². The number of rotatable bonds is 4. The van der Waals surface area contributed by atoms with Crippen molar-refractivity contribution in [2.75, 3.05) is 11.9 Å². The van der Waals surface area contributed by atoms with Crippen molar-refractivity contribution >= 4 is 17.8 Å². The zero-order valence-corrected chi connectivity index (χ0v) is 12.5. The van der Waals surface area contributed by atoms with Gasteiger partial charge in [0.2, 0.25) is 11.9 Å². The lowest BCUT2D eigenvalue weighted by atomic mass is 10.1. The number of hydrogen-bond acceptors (Lipinski definition) is 4. The second-order valence-corrected chi connectivity index (χ2v) is 5.79. The number of nitrogens with zero attached hydrogens (tertiary/aromatic N) is 1. The number of imidazole rings is 1. The highest BCUT2D eigenvalue weighted by molar-refractivity contribution is 5.87. The Balaban J connectivity index is 2.22. The van der Waals surface area contributed by atoms with Crippen LogP contribution in [0.3, 0.4) is 0 Å². The van der Waals surface area contributed by atoms with E-state index >= 15 is 0 Å². The van der Waals surface area contributed by atoms with Gasteiger partial charge in [0.05, 0.1) is 18.2 Å². The van der Waals surface area contributed by atoms with Crippen molar-refractivity contribution in [3.63, 3.8) is 0 Å². The molecule has 2 rings (SSSR count). The van der Waals surface area contributed by atoms with Gasteiger partial charge in [-0.2, -0.15) is 0 Å². The number of carbonyl (C=O) groups is 2. The number of aryl methyl sites for hydroxylation is 1. The maximum atomic E-state index is 12.0. The fourth-order valence-electron chi connectivity index (χ4n) is 2.85. The van der Waals surface area contributed by atoms with Gasteiger partial charge in [-0.3, -0.25) is 14.9 Å². The molecule has 1 aliphatic carbocycles. The molecule has 2 N–H and O–H groups in total. The Morgan fingerprint density at radius 1 is 1.45 bits per heavy atom. The van der Waals surface area contributed by atoms with Crippen molar-refractivity contribution < 1.29 is 14.3 Å². The quantitative estimate of drug-likeness (QED) is 0.825. The smallest absolute Gasteiger partial charge is 0.310 e. The Morgan fingerprint density at radius 3 is 2.65 bits per heavy atom. The standard InChI is InChI=1S/C14H21N3O3/c1-6-20-12(19)10-9(14(10,4)5)11-7(2)15-13(17-11)16-8(3)18/h9-10H,6H2,1-5H3,(H2,15,16,17,18)/t9-,10-/m0/s1. The molecule has 1 aromatic rings. The summed E-state index contributed by atoms with van der Waals surface area (Å²) in [4.78, 5) is 30.4. The largest absolute Gasteiger partial charge is 0.466 e. The number of anilines is 1. The summed E-state index contributed by atoms with van der Waals surface area (Å²) < 4.78 is 5.12. The first-order valence-electron chi connectivity index (χ1n) is 6.79. The van der Waals surface area contributed by atoms with Crippen molar-refractivity contribution in [3.8, 4) is 0 Å². The molecule has 0 bridgehead atoms. The molecular weight excluding hydrogens is 258 g/mol. The van der Waals surface area contributed by atoms with Crippen molar-refractivity contribution in [2.24, 2.45) is 11.3 Å². The summed E-state index contributed by atoms with van der Waals surface area (Å²) in [5, 5.41) is 2.62. The number of nitrogens with one attached hydrogen (secondary N) is 2. The fraction of sp³-hybridized carbons (Fsp3) is 0.643. The highest BCUT2D eigenvalue weighted by Gasteiger charge is 2.64. The van der Waals surface area contributed by atoms with Crippen LogP contribution in [-0.2, 0) is 14.3 Å². The van der Waals surface area contributed by atoms with Crippen molar-refractivity contribution in [1.82, 2.24) is 9.97 Å². The van der Waals surface area contributed by atoms with Gasteiger partial charge in [0.15, 0.2) is 0 Å². The van der Waals surface area contributed by atoms with E-state index in [2.05, 4.69) is 15.3 Å². The molecule has 0 saturated heterocycles. The van der Waals surface area contributed by atoms with Gasteiger partial charge in [-0.25, -0.2) is 4.98 Å². The molecule has 6 heteroatoms. The van der Waals surface area contributed by atoms with E-state index in [9.17, 15) is 9.59 Å². The average Bonchev–Trinajstić information content (AvgIpc) is 2.69. The first-order chi connectivity index (χ1) is 9.28. The fourth-order valence-corrected chi connectivity index (χ4v) is 2.85. The zero-order chi connectivity index (χ0) is 15.1. The van der Waals surface area contributed by atoms with E-state index in [-0.39, 0.29) is 29.1 Å². The molecule has 6 nitrogen and oxygen atoms in total. The Labute approximate surface area is 118 Å². The highest BCUT2D eigenvalue weighted by Crippen LogP contribution is 2.65. The van der Waals surface area contributed by atoms with Crippen molar-refractivity contribution in [2.45, 2.75) is 40.5 Å². The lowest BCUT2D eigenvalue weighted by Crippen LogP contribution is -2.10. The van der Waals surface area contributed by atoms with Crippen molar-refractivity contribution in [3.05, 3.63) is 11.4 Å². The molecule has 1 saturated carbocycles. The molecule has 0 spiro atoms. The van der Waals surface area contributed by atoms with Gasteiger partial charge < -0.3 is 9.72 Å². The van der Waals surface area contributed by atoms with Crippen LogP contribution in [-0.4, -0.2) is 28.5 Å². The van der Waals surface area contributed by atoms with Crippen LogP contribution in [0.15, 0.2) is 0 Å². The number of esters is 1. The maximum absolute atomic E-state index is 12.0. The molecule has 110 valence electrons. The van der Waals surface area contributed by atoms with E-state index in [1.54, 1.807) is 6.92 Å². The second kappa shape index (κ2) is 4.92. The number of ether oxygens (including phenoxy) is 1. The second-order valence-electron chi connectivity index (χ2n) is 5.79. The Morgan fingerprint density at radius 2 is 2.10 bits per heavy atom. The summed E-state index contributed by atoms with van der Waals surface area (Å²) in [7, 11) is 0. The monoisotopic (exact) mass is 279 g/mol. The number of aromatic amines is 1. The summed E-state index contributed by atoms with van der Waals surface area (Å²) in [5.41, 5.74) is 1.55. The number of carbonyl (C=O) groups excluding carboxylic acids is 2. The SMILES string of the molecule is CCOC(=O)[C@@H]1[C@@H](c2[nH]c(NC(C)=O)nc2C)C1(C)C. The van der Waals surface area contributed by atoms with E-state index in [0.717, 1.165) is 11.4 Å². The normalized spacial score (nSPS) is 23.2. The summed E-state index contributed by atoms with van der Waals surface area (Å²) in [5.74, 6) is -0.0291. The minimum absolute atomic E-state index is 0.0524. The average molecular weight is 279 g/mol. The van der Waals surface area contributed by atoms with E-state index in [0.29, 0.717) is 12.6 Å². The first-order valence-corrected chi connectivity index (χ1v) is 6.79. The molecule has 0 aliphatic heterocycles. The number of hydrogen-bond donors (Lipinski definition) is 2. The summed E-state index contributed by atoms with van der Waals surface area (Å²) in [6, 6.07) is 0. The van der Waals surface area contributed by atoms with Gasteiger partial charge in [0.1, 0.15) is 0 Å². The van der Waals surface area contributed by atoms with Gasteiger partial charge in [-0.15, -0.1) is 0 Å². The van der Waals surface area contributed by atoms with E-state index in [4.69, 9.17) is 4.74 Å². The molecular formula is C14H21N3O3. The minimum Gasteiger partial charge on any atom is -0.466 e.